The summed E-state index contributed by atoms with van der Waals surface area (Å²) in [6.45, 7) is 5.11. The van der Waals surface area contributed by atoms with Crippen molar-refractivity contribution >= 4 is 26.7 Å². The van der Waals surface area contributed by atoms with E-state index in [0.717, 1.165) is 17.2 Å². The minimum atomic E-state index is 0.929. The molecule has 3 heteroatoms. The Balaban J connectivity index is 2.55. The summed E-state index contributed by atoms with van der Waals surface area (Å²) >= 11 is 1.71. The van der Waals surface area contributed by atoms with E-state index in [-0.39, 0.29) is 0 Å². The molecule has 0 amide bonds. The minimum absolute atomic E-state index is 0.929. The first-order chi connectivity index (χ1) is 6.31. The second-order valence-corrected chi connectivity index (χ2v) is 4.00. The van der Waals surface area contributed by atoms with Crippen molar-refractivity contribution in [1.82, 2.24) is 4.98 Å². The highest BCUT2D eigenvalue weighted by atomic mass is 32.1. The van der Waals surface area contributed by atoms with Gasteiger partial charge in [0.05, 0.1) is 10.2 Å². The van der Waals surface area contributed by atoms with Crippen molar-refractivity contribution in [3.8, 4) is 0 Å². The van der Waals surface area contributed by atoms with E-state index in [1.165, 1.54) is 10.3 Å². The van der Waals surface area contributed by atoms with E-state index in [1.54, 1.807) is 11.3 Å². The molecule has 0 radical (unpaired) electrons. The van der Waals surface area contributed by atoms with Gasteiger partial charge in [-0.05, 0) is 25.5 Å². The fourth-order valence-corrected chi connectivity index (χ4v) is 2.32. The van der Waals surface area contributed by atoms with E-state index in [1.807, 2.05) is 0 Å². The molecule has 0 saturated carbocycles. The van der Waals surface area contributed by atoms with E-state index < -0.39 is 0 Å². The summed E-state index contributed by atoms with van der Waals surface area (Å²) < 4.78 is 1.26. The number of nitrogens with zero attached hydrogens (tertiary/aromatic N) is 1. The van der Waals surface area contributed by atoms with Crippen LogP contribution >= 0.6 is 11.3 Å². The molecule has 0 unspecified atom stereocenters. The molecule has 2 nitrogen and oxygen atoms in total. The Morgan fingerprint density at radius 1 is 1.46 bits per heavy atom. The molecule has 0 atom stereocenters. The average Bonchev–Trinajstić information content (AvgIpc) is 2.49. The molecule has 2 aromatic rings. The molecule has 0 spiro atoms. The van der Waals surface area contributed by atoms with Crippen LogP contribution in [-0.4, -0.2) is 11.5 Å². The summed E-state index contributed by atoms with van der Waals surface area (Å²) in [5.41, 5.74) is 2.38. The normalized spacial score (nSPS) is 10.6. The van der Waals surface area contributed by atoms with Crippen LogP contribution < -0.4 is 5.32 Å². The molecule has 2 rings (SSSR count). The molecule has 0 saturated heterocycles. The fraction of sp³-hybridized carbons (Fsp3) is 0.300. The van der Waals surface area contributed by atoms with Crippen LogP contribution in [0, 0.1) is 6.92 Å². The lowest BCUT2D eigenvalue weighted by Gasteiger charge is -1.92. The van der Waals surface area contributed by atoms with Crippen LogP contribution in [0.25, 0.3) is 10.2 Å². The predicted octanol–water partition coefficient (Wildman–Crippen LogP) is 3.04. The number of aryl methyl sites for hydroxylation is 1. The molecule has 0 aliphatic heterocycles. The van der Waals surface area contributed by atoms with Crippen molar-refractivity contribution in [1.29, 1.82) is 0 Å². The van der Waals surface area contributed by atoms with Crippen LogP contribution in [-0.2, 0) is 0 Å². The first kappa shape index (κ1) is 8.51. The molecule has 68 valence electrons. The molecule has 0 aliphatic rings. The van der Waals surface area contributed by atoms with Crippen molar-refractivity contribution in [2.75, 3.05) is 11.9 Å². The maximum absolute atomic E-state index is 4.51. The monoisotopic (exact) mass is 192 g/mol. The molecular weight excluding hydrogens is 180 g/mol. The van der Waals surface area contributed by atoms with Crippen molar-refractivity contribution in [3.05, 3.63) is 23.8 Å². The van der Waals surface area contributed by atoms with Gasteiger partial charge in [-0.2, -0.15) is 0 Å². The molecule has 0 aliphatic carbocycles. The number of para-hydroxylation sites is 1. The maximum atomic E-state index is 4.51. The summed E-state index contributed by atoms with van der Waals surface area (Å²) in [6.07, 6.45) is 0. The Labute approximate surface area is 81.6 Å². The smallest absolute Gasteiger partial charge is 0.183 e. The molecule has 13 heavy (non-hydrogen) atoms. The number of aromatic nitrogens is 1. The lowest BCUT2D eigenvalue weighted by Crippen LogP contribution is -1.94. The molecule has 0 bridgehead atoms. The molecule has 1 heterocycles. The highest BCUT2D eigenvalue weighted by Crippen LogP contribution is 2.27. The molecular formula is C10H12N2S. The van der Waals surface area contributed by atoms with Gasteiger partial charge in [-0.3, -0.25) is 0 Å². The number of anilines is 1. The zero-order valence-corrected chi connectivity index (χ0v) is 8.61. The van der Waals surface area contributed by atoms with Crippen LogP contribution in [0.5, 0.6) is 0 Å². The third kappa shape index (κ3) is 1.52. The second-order valence-electron chi connectivity index (χ2n) is 2.97. The van der Waals surface area contributed by atoms with E-state index in [2.05, 4.69) is 42.3 Å². The largest absolute Gasteiger partial charge is 0.362 e. The van der Waals surface area contributed by atoms with Gasteiger partial charge in [0.1, 0.15) is 0 Å². The number of fused-ring (bicyclic) bond motifs is 1. The third-order valence-electron chi connectivity index (χ3n) is 1.95. The zero-order chi connectivity index (χ0) is 9.26. The molecule has 1 aromatic heterocycles. The quantitative estimate of drug-likeness (QED) is 0.791. The molecule has 0 fully saturated rings. The number of nitrogens with one attached hydrogen (secondary N) is 1. The van der Waals surface area contributed by atoms with Crippen molar-refractivity contribution in [2.24, 2.45) is 0 Å². The minimum Gasteiger partial charge on any atom is -0.362 e. The lowest BCUT2D eigenvalue weighted by molar-refractivity contribution is 1.20. The van der Waals surface area contributed by atoms with E-state index >= 15 is 0 Å². The zero-order valence-electron chi connectivity index (χ0n) is 7.79. The second kappa shape index (κ2) is 3.34. The van der Waals surface area contributed by atoms with Gasteiger partial charge in [0.2, 0.25) is 0 Å². The maximum Gasteiger partial charge on any atom is 0.183 e. The Hall–Kier alpha value is -1.09. The number of thiazole rings is 1. The van der Waals surface area contributed by atoms with Gasteiger partial charge in [-0.25, -0.2) is 4.98 Å². The molecule has 1 aromatic carbocycles. The Morgan fingerprint density at radius 2 is 2.31 bits per heavy atom. The van der Waals surface area contributed by atoms with Crippen molar-refractivity contribution in [2.45, 2.75) is 13.8 Å². The standard InChI is InChI=1S/C10H12N2S/c1-3-11-10-12-9-7(2)5-4-6-8(9)13-10/h4-6H,3H2,1-2H3,(H,11,12). The van der Waals surface area contributed by atoms with Gasteiger partial charge in [0.15, 0.2) is 5.13 Å². The van der Waals surface area contributed by atoms with E-state index in [9.17, 15) is 0 Å². The fourth-order valence-electron chi connectivity index (χ4n) is 1.31. The topological polar surface area (TPSA) is 24.9 Å². The van der Waals surface area contributed by atoms with Crippen LogP contribution in [0.4, 0.5) is 5.13 Å². The SMILES string of the molecule is CCNc1nc2c(C)cccc2s1. The van der Waals surface area contributed by atoms with Crippen molar-refractivity contribution < 1.29 is 0 Å². The Bertz CT molecular complexity index is 420. The number of benzene rings is 1. The van der Waals surface area contributed by atoms with Crippen LogP contribution in [0.1, 0.15) is 12.5 Å². The molecule has 1 N–H and O–H groups in total. The Kier molecular flexibility index (Phi) is 2.19. The Morgan fingerprint density at radius 3 is 3.00 bits per heavy atom. The summed E-state index contributed by atoms with van der Waals surface area (Å²) in [7, 11) is 0. The highest BCUT2D eigenvalue weighted by Gasteiger charge is 2.03. The highest BCUT2D eigenvalue weighted by molar-refractivity contribution is 7.22. The van der Waals surface area contributed by atoms with Crippen LogP contribution in [0.3, 0.4) is 0 Å². The lowest BCUT2D eigenvalue weighted by atomic mass is 10.2. The van der Waals surface area contributed by atoms with E-state index in [0.29, 0.717) is 0 Å². The first-order valence-electron chi connectivity index (χ1n) is 4.41. The predicted molar refractivity (Wildman–Crippen MR) is 58.5 cm³/mol. The van der Waals surface area contributed by atoms with Crippen LogP contribution in [0.15, 0.2) is 18.2 Å². The third-order valence-corrected chi connectivity index (χ3v) is 2.93. The van der Waals surface area contributed by atoms with Gasteiger partial charge in [0, 0.05) is 6.54 Å². The van der Waals surface area contributed by atoms with Gasteiger partial charge in [-0.15, -0.1) is 0 Å². The summed E-state index contributed by atoms with van der Waals surface area (Å²) in [4.78, 5) is 4.51. The van der Waals surface area contributed by atoms with Crippen molar-refractivity contribution in [3.63, 3.8) is 0 Å². The summed E-state index contributed by atoms with van der Waals surface area (Å²) in [6, 6.07) is 6.28. The number of rotatable bonds is 2. The summed E-state index contributed by atoms with van der Waals surface area (Å²) in [5.74, 6) is 0. The number of hydrogen-bond acceptors (Lipinski definition) is 3. The number of hydrogen-bond donors (Lipinski definition) is 1. The van der Waals surface area contributed by atoms with Gasteiger partial charge in [0.25, 0.3) is 0 Å². The average molecular weight is 192 g/mol. The van der Waals surface area contributed by atoms with Gasteiger partial charge >= 0.3 is 0 Å². The van der Waals surface area contributed by atoms with E-state index in [4.69, 9.17) is 0 Å². The summed E-state index contributed by atoms with van der Waals surface area (Å²) in [5, 5.41) is 4.25. The first-order valence-corrected chi connectivity index (χ1v) is 5.23. The van der Waals surface area contributed by atoms with Gasteiger partial charge in [-0.1, -0.05) is 23.5 Å². The van der Waals surface area contributed by atoms with Gasteiger partial charge < -0.3 is 5.32 Å². The van der Waals surface area contributed by atoms with Crippen LogP contribution in [0.2, 0.25) is 0 Å².